The van der Waals surface area contributed by atoms with Gasteiger partial charge in [0, 0.05) is 26.1 Å². The van der Waals surface area contributed by atoms with Crippen molar-refractivity contribution < 1.29 is 19.2 Å². The van der Waals surface area contributed by atoms with Gasteiger partial charge in [-0.1, -0.05) is 48.9 Å². The molecule has 0 saturated carbocycles. The van der Waals surface area contributed by atoms with Crippen molar-refractivity contribution >= 4 is 23.6 Å². The lowest BCUT2D eigenvalue weighted by Crippen LogP contribution is -2.47. The third-order valence-corrected chi connectivity index (χ3v) is 5.84. The Hall–Kier alpha value is -3.48. The molecule has 0 aromatic heterocycles. The molecule has 2 aromatic rings. The average molecular weight is 450 g/mol. The third-order valence-electron chi connectivity index (χ3n) is 5.84. The van der Waals surface area contributed by atoms with Crippen molar-refractivity contribution in [3.63, 3.8) is 0 Å². The third kappa shape index (κ3) is 5.66. The largest absolute Gasteiger partial charge is 0.354 e. The maximum atomic E-state index is 13.1. The van der Waals surface area contributed by atoms with Gasteiger partial charge in [-0.3, -0.25) is 24.1 Å². The number of carbonyl (C=O) groups is 4. The van der Waals surface area contributed by atoms with E-state index < -0.39 is 6.04 Å². The number of benzene rings is 2. The summed E-state index contributed by atoms with van der Waals surface area (Å²) in [5, 5.41) is 2.85. The maximum absolute atomic E-state index is 13.1. The van der Waals surface area contributed by atoms with E-state index in [1.165, 1.54) is 4.90 Å². The summed E-state index contributed by atoms with van der Waals surface area (Å²) >= 11 is 0. The highest BCUT2D eigenvalue weighted by atomic mass is 16.2. The SMILES string of the molecule is CCCNC(=O)[C@H](C)N(Cc1ccc(C)cc1)C(=O)CCCN1C(=O)c2ccccc2C1=O. The van der Waals surface area contributed by atoms with Crippen molar-refractivity contribution in [3.05, 3.63) is 70.8 Å². The number of fused-ring (bicyclic) bond motifs is 1. The molecule has 2 aromatic carbocycles. The van der Waals surface area contributed by atoms with E-state index >= 15 is 0 Å². The summed E-state index contributed by atoms with van der Waals surface area (Å²) in [6, 6.07) is 13.9. The van der Waals surface area contributed by atoms with E-state index in [9.17, 15) is 19.2 Å². The Morgan fingerprint density at radius 1 is 1.00 bits per heavy atom. The molecule has 3 rings (SSSR count). The summed E-state index contributed by atoms with van der Waals surface area (Å²) in [4.78, 5) is 53.6. The van der Waals surface area contributed by atoms with Gasteiger partial charge in [0.15, 0.2) is 0 Å². The zero-order valence-corrected chi connectivity index (χ0v) is 19.5. The van der Waals surface area contributed by atoms with Crippen LogP contribution in [0.5, 0.6) is 0 Å². The van der Waals surface area contributed by atoms with Gasteiger partial charge in [0.05, 0.1) is 11.1 Å². The number of aryl methyl sites for hydroxylation is 1. The molecule has 0 aliphatic carbocycles. The highest BCUT2D eigenvalue weighted by molar-refractivity contribution is 6.21. The molecule has 174 valence electrons. The predicted molar refractivity (Wildman–Crippen MR) is 126 cm³/mol. The Morgan fingerprint density at radius 3 is 2.18 bits per heavy atom. The van der Waals surface area contributed by atoms with Crippen molar-refractivity contribution in [2.45, 2.75) is 52.6 Å². The minimum atomic E-state index is -0.635. The number of imide groups is 1. The lowest BCUT2D eigenvalue weighted by molar-refractivity contribution is -0.140. The molecule has 4 amide bonds. The number of nitrogens with zero attached hydrogens (tertiary/aromatic N) is 2. The monoisotopic (exact) mass is 449 g/mol. The number of nitrogens with one attached hydrogen (secondary N) is 1. The molecule has 0 saturated heterocycles. The Balaban J connectivity index is 1.65. The van der Waals surface area contributed by atoms with Crippen LogP contribution in [-0.4, -0.2) is 52.6 Å². The minimum absolute atomic E-state index is 0.130. The first-order valence-electron chi connectivity index (χ1n) is 11.4. The molecule has 0 spiro atoms. The zero-order valence-electron chi connectivity index (χ0n) is 19.5. The standard InChI is InChI=1S/C26H31N3O4/c1-4-15-27-24(31)19(3)29(17-20-13-11-18(2)12-14-20)23(30)10-7-16-28-25(32)21-8-5-6-9-22(21)26(28)33/h5-6,8-9,11-14,19H,4,7,10,15-17H2,1-3H3,(H,27,31)/t19-/m0/s1. The van der Waals surface area contributed by atoms with E-state index in [1.54, 1.807) is 36.1 Å². The molecule has 1 atom stereocenters. The summed E-state index contributed by atoms with van der Waals surface area (Å²) < 4.78 is 0. The molecule has 0 fully saturated rings. The van der Waals surface area contributed by atoms with Crippen LogP contribution in [0.2, 0.25) is 0 Å². The summed E-state index contributed by atoms with van der Waals surface area (Å²) in [7, 11) is 0. The molecule has 1 heterocycles. The second-order valence-corrected chi connectivity index (χ2v) is 8.39. The van der Waals surface area contributed by atoms with Crippen LogP contribution in [0.1, 0.15) is 65.0 Å². The fourth-order valence-electron chi connectivity index (χ4n) is 3.84. The molecule has 1 N–H and O–H groups in total. The second kappa shape index (κ2) is 10.9. The fraction of sp³-hybridized carbons (Fsp3) is 0.385. The lowest BCUT2D eigenvalue weighted by atomic mass is 10.1. The number of carbonyl (C=O) groups excluding carboxylic acids is 4. The maximum Gasteiger partial charge on any atom is 0.261 e. The molecule has 33 heavy (non-hydrogen) atoms. The fourth-order valence-corrected chi connectivity index (χ4v) is 3.84. The van der Waals surface area contributed by atoms with Gasteiger partial charge in [0.1, 0.15) is 6.04 Å². The van der Waals surface area contributed by atoms with E-state index in [-0.39, 0.29) is 36.6 Å². The van der Waals surface area contributed by atoms with Gasteiger partial charge in [-0.25, -0.2) is 0 Å². The summed E-state index contributed by atoms with van der Waals surface area (Å²) in [5.41, 5.74) is 2.85. The number of rotatable bonds is 10. The van der Waals surface area contributed by atoms with Crippen molar-refractivity contribution in [2.75, 3.05) is 13.1 Å². The van der Waals surface area contributed by atoms with Crippen molar-refractivity contribution in [1.29, 1.82) is 0 Å². The summed E-state index contributed by atoms with van der Waals surface area (Å²) in [6.07, 6.45) is 1.27. The molecule has 1 aliphatic rings. The quantitative estimate of drug-likeness (QED) is 0.564. The lowest BCUT2D eigenvalue weighted by Gasteiger charge is -2.29. The topological polar surface area (TPSA) is 86.8 Å². The van der Waals surface area contributed by atoms with Crippen molar-refractivity contribution in [2.24, 2.45) is 0 Å². The Morgan fingerprint density at radius 2 is 1.61 bits per heavy atom. The van der Waals surface area contributed by atoms with Crippen LogP contribution in [0, 0.1) is 6.92 Å². The molecule has 0 radical (unpaired) electrons. The Labute approximate surface area is 194 Å². The zero-order chi connectivity index (χ0) is 24.0. The Bertz CT molecular complexity index is 997. The van der Waals surface area contributed by atoms with Crippen LogP contribution in [-0.2, 0) is 16.1 Å². The smallest absolute Gasteiger partial charge is 0.261 e. The van der Waals surface area contributed by atoms with Gasteiger partial charge in [0.25, 0.3) is 11.8 Å². The number of hydrogen-bond acceptors (Lipinski definition) is 4. The van der Waals surface area contributed by atoms with Gasteiger partial charge < -0.3 is 10.2 Å². The molecule has 7 heteroatoms. The Kier molecular flexibility index (Phi) is 7.98. The first-order valence-corrected chi connectivity index (χ1v) is 11.4. The summed E-state index contributed by atoms with van der Waals surface area (Å²) in [6.45, 7) is 6.71. The van der Waals surface area contributed by atoms with Crippen molar-refractivity contribution in [1.82, 2.24) is 15.1 Å². The normalized spacial score (nSPS) is 13.6. The molecule has 7 nitrogen and oxygen atoms in total. The highest BCUT2D eigenvalue weighted by Gasteiger charge is 2.35. The van der Waals surface area contributed by atoms with E-state index in [0.717, 1.165) is 17.5 Å². The van der Waals surface area contributed by atoms with Crippen LogP contribution in [0.25, 0.3) is 0 Å². The molecular weight excluding hydrogens is 418 g/mol. The van der Waals surface area contributed by atoms with Crippen LogP contribution in [0.15, 0.2) is 48.5 Å². The highest BCUT2D eigenvalue weighted by Crippen LogP contribution is 2.23. The van der Waals surface area contributed by atoms with Gasteiger partial charge in [-0.2, -0.15) is 0 Å². The van der Waals surface area contributed by atoms with Gasteiger partial charge in [0.2, 0.25) is 11.8 Å². The van der Waals surface area contributed by atoms with E-state index in [1.807, 2.05) is 38.1 Å². The molecule has 1 aliphatic heterocycles. The van der Waals surface area contributed by atoms with Crippen LogP contribution >= 0.6 is 0 Å². The first kappa shape index (κ1) is 24.2. The van der Waals surface area contributed by atoms with Gasteiger partial charge in [-0.15, -0.1) is 0 Å². The van der Waals surface area contributed by atoms with Gasteiger partial charge >= 0.3 is 0 Å². The van der Waals surface area contributed by atoms with Crippen LogP contribution in [0.4, 0.5) is 0 Å². The minimum Gasteiger partial charge on any atom is -0.354 e. The van der Waals surface area contributed by atoms with E-state index in [0.29, 0.717) is 30.6 Å². The number of amides is 4. The average Bonchev–Trinajstić information content (AvgIpc) is 3.06. The first-order chi connectivity index (χ1) is 15.8. The van der Waals surface area contributed by atoms with Crippen LogP contribution in [0.3, 0.4) is 0 Å². The van der Waals surface area contributed by atoms with E-state index in [4.69, 9.17) is 0 Å². The van der Waals surface area contributed by atoms with Crippen LogP contribution < -0.4 is 5.32 Å². The van der Waals surface area contributed by atoms with E-state index in [2.05, 4.69) is 5.32 Å². The van der Waals surface area contributed by atoms with Gasteiger partial charge in [-0.05, 0) is 44.4 Å². The van der Waals surface area contributed by atoms with Crippen molar-refractivity contribution in [3.8, 4) is 0 Å². The summed E-state index contributed by atoms with van der Waals surface area (Å²) in [5.74, 6) is -1.04. The number of hydrogen-bond donors (Lipinski definition) is 1. The molecule has 0 bridgehead atoms. The predicted octanol–water partition coefficient (Wildman–Crippen LogP) is 3.31. The molecule has 0 unspecified atom stereocenters. The molecular formula is C26H31N3O4. The second-order valence-electron chi connectivity index (χ2n) is 8.39.